The Bertz CT molecular complexity index is 3160. The number of primary amides is 1. The second kappa shape index (κ2) is 29.2. The number of hydrogen-bond acceptors (Lipinski definition) is 12. The van der Waals surface area contributed by atoms with Crippen molar-refractivity contribution in [1.29, 1.82) is 0 Å². The maximum absolute atomic E-state index is 14.3. The highest BCUT2D eigenvalue weighted by Gasteiger charge is 2.58. The van der Waals surface area contributed by atoms with E-state index in [1.165, 1.54) is 32.2 Å². The van der Waals surface area contributed by atoms with E-state index in [-0.39, 0.29) is 81.3 Å². The van der Waals surface area contributed by atoms with Gasteiger partial charge in [-0.2, -0.15) is 8.78 Å². The highest BCUT2D eigenvalue weighted by atomic mass is 31.2. The molecule has 7 atom stereocenters. The molecule has 8 N–H and O–H groups in total. The number of aryl methyl sites for hydroxylation is 3. The molecule has 3 aliphatic rings. The number of halogens is 2. The third-order valence-corrected chi connectivity index (χ3v) is 16.7. The molecule has 1 saturated carbocycles. The quantitative estimate of drug-likeness (QED) is 0.0153. The second-order valence-corrected chi connectivity index (χ2v) is 23.6. The molecule has 0 bridgehead atoms. The zero-order valence-electron chi connectivity index (χ0n) is 47.8. The molecular formula is C59H77F2N8O14P. The summed E-state index contributed by atoms with van der Waals surface area (Å²) in [7, 11) is -4.12. The molecule has 3 fully saturated rings. The Morgan fingerprint density at radius 2 is 1.58 bits per heavy atom. The number of rotatable bonds is 32. The molecular weight excluding hydrogens is 1110 g/mol. The van der Waals surface area contributed by atoms with Crippen molar-refractivity contribution >= 4 is 65.6 Å². The molecule has 2 aliphatic heterocycles. The number of carbonyl (C=O) groups is 7. The van der Waals surface area contributed by atoms with E-state index in [2.05, 4.69) is 21.3 Å². The van der Waals surface area contributed by atoms with Gasteiger partial charge in [-0.3, -0.25) is 52.6 Å². The molecule has 1 unspecified atom stereocenters. The average molecular weight is 1190 g/mol. The highest BCUT2D eigenvalue weighted by Crippen LogP contribution is 2.59. The zero-order valence-corrected chi connectivity index (χ0v) is 48.7. The molecule has 456 valence electrons. The third kappa shape index (κ3) is 16.9. The van der Waals surface area contributed by atoms with Crippen LogP contribution in [-0.4, -0.2) is 129 Å². The van der Waals surface area contributed by atoms with Crippen molar-refractivity contribution in [2.24, 2.45) is 24.6 Å². The zero-order chi connectivity index (χ0) is 60.9. The summed E-state index contributed by atoms with van der Waals surface area (Å²) in [5.74, 6) is -3.06. The first kappa shape index (κ1) is 64.6. The van der Waals surface area contributed by atoms with Gasteiger partial charge < -0.3 is 50.6 Å². The summed E-state index contributed by atoms with van der Waals surface area (Å²) in [4.78, 5) is 123. The Morgan fingerprint density at radius 1 is 0.893 bits per heavy atom. The van der Waals surface area contributed by atoms with Crippen LogP contribution in [0.1, 0.15) is 119 Å². The predicted octanol–water partition coefficient (Wildman–Crippen LogP) is 4.54. The van der Waals surface area contributed by atoms with Crippen molar-refractivity contribution in [2.45, 2.75) is 140 Å². The van der Waals surface area contributed by atoms with E-state index in [0.29, 0.717) is 87.0 Å². The van der Waals surface area contributed by atoms with Crippen LogP contribution in [0.3, 0.4) is 0 Å². The summed E-state index contributed by atoms with van der Waals surface area (Å²) < 4.78 is 60.2. The van der Waals surface area contributed by atoms with Crippen molar-refractivity contribution in [3.05, 3.63) is 111 Å². The van der Waals surface area contributed by atoms with Gasteiger partial charge in [0.15, 0.2) is 0 Å². The molecule has 7 amide bonds. The first-order valence-corrected chi connectivity index (χ1v) is 30.2. The van der Waals surface area contributed by atoms with Crippen LogP contribution in [0.5, 0.6) is 0 Å². The number of aromatic nitrogens is 2. The van der Waals surface area contributed by atoms with Crippen LogP contribution in [-0.2, 0) is 84.5 Å². The molecule has 3 aromatic carbocycles. The standard InChI is InChI=1S/C59H77F2N8O14P/c1-5-6-11-46(64-52(72)30-36(2)41-17-19-43(20-18-41)59(60,61)84(78,79)80)57(76)68-33-42-32-44(42)54(68)56(75)65-45(21-24-50(62)70)37(3)83-34-40-14-12-38(13-15-40)9-7-26-63-53(73)35-82-29-28-81-27-8-10-39-16-22-47-49(31-39)67(4)58(77)69(47)48-23-25-51(71)66-55(48)74/h12-20,22,30-31,37,42,44-46,48,54H,5-11,21,23-29,32-35H2,1-4H3,(H2,62,70)(H,63,73)(H,64,72)(H,65,75)(H,66,71,74)(H2,78,79,80)/b36-30+/t37-,42-,44-,45+,46+,48?,54+/m1/s1. The summed E-state index contributed by atoms with van der Waals surface area (Å²) in [5, 5.41) is 11.0. The number of nitrogens with two attached hydrogens (primary N) is 1. The smallest absolute Gasteiger partial charge is 0.379 e. The van der Waals surface area contributed by atoms with Crippen LogP contribution in [0.25, 0.3) is 16.6 Å². The molecule has 1 aromatic heterocycles. The van der Waals surface area contributed by atoms with Gasteiger partial charge in [-0.1, -0.05) is 74.4 Å². The maximum Gasteiger partial charge on any atom is 0.399 e. The highest BCUT2D eigenvalue weighted by molar-refractivity contribution is 7.52. The summed E-state index contributed by atoms with van der Waals surface area (Å²) >= 11 is 0. The van der Waals surface area contributed by atoms with Crippen molar-refractivity contribution in [2.75, 3.05) is 39.5 Å². The van der Waals surface area contributed by atoms with Crippen LogP contribution in [0.4, 0.5) is 8.78 Å². The fourth-order valence-corrected chi connectivity index (χ4v) is 11.2. The number of fused-ring (bicyclic) bond motifs is 2. The minimum atomic E-state index is -5.78. The van der Waals surface area contributed by atoms with Crippen LogP contribution in [0.2, 0.25) is 0 Å². The Labute approximate surface area is 485 Å². The topological polar surface area (TPSA) is 309 Å². The minimum Gasteiger partial charge on any atom is -0.379 e. The molecule has 84 heavy (non-hydrogen) atoms. The van der Waals surface area contributed by atoms with E-state index in [1.807, 2.05) is 49.4 Å². The first-order chi connectivity index (χ1) is 40.0. The largest absolute Gasteiger partial charge is 0.399 e. The Balaban J connectivity index is 0.799. The first-order valence-electron chi connectivity index (χ1n) is 28.5. The molecule has 3 heterocycles. The van der Waals surface area contributed by atoms with Crippen molar-refractivity contribution in [3.63, 3.8) is 0 Å². The average Bonchev–Trinajstić information content (AvgIpc) is 1.88. The van der Waals surface area contributed by atoms with Gasteiger partial charge in [-0.05, 0) is 117 Å². The summed E-state index contributed by atoms with van der Waals surface area (Å²) in [6.07, 6.45) is 6.36. The summed E-state index contributed by atoms with van der Waals surface area (Å²) in [5.41, 5.74) is 4.87. The number of nitrogens with zero attached hydrogens (tertiary/aromatic N) is 3. The SMILES string of the molecule is CCCC[C@H](NC(=O)/C=C(\C)c1ccc(C(F)(F)P(=O)(O)O)cc1)C(=O)N1C[C@H]2C[C@H]2[C@H]1C(=O)N[C@@H](CCC(N)=O)[C@@H](C)OCc1ccc(CCCNC(=O)COCCOCCCc2ccc3c(c2)n(C)c(=O)n3C2CCC(=O)NC2=O)cc1. The number of likely N-dealkylation sites (tertiary alicyclic amines) is 1. The van der Waals surface area contributed by atoms with Crippen molar-refractivity contribution < 1.29 is 70.9 Å². The number of imide groups is 1. The van der Waals surface area contributed by atoms with Gasteiger partial charge in [0.1, 0.15) is 24.7 Å². The number of benzene rings is 3. The number of alkyl halides is 2. The number of ether oxygens (including phenoxy) is 3. The van der Waals surface area contributed by atoms with Gasteiger partial charge in [0.2, 0.25) is 41.4 Å². The van der Waals surface area contributed by atoms with Gasteiger partial charge in [0, 0.05) is 51.2 Å². The Morgan fingerprint density at radius 3 is 2.27 bits per heavy atom. The van der Waals surface area contributed by atoms with E-state index in [1.54, 1.807) is 20.9 Å². The van der Waals surface area contributed by atoms with Gasteiger partial charge in [-0.15, -0.1) is 0 Å². The number of carbonyl (C=O) groups excluding carboxylic acids is 7. The number of imidazole rings is 1. The minimum absolute atomic E-state index is 0.0265. The van der Waals surface area contributed by atoms with Crippen LogP contribution < -0.4 is 32.7 Å². The summed E-state index contributed by atoms with van der Waals surface area (Å²) in [6.45, 7) is 7.16. The number of nitrogens with one attached hydrogen (secondary N) is 4. The number of allylic oxidation sites excluding steroid dienone is 1. The molecule has 2 saturated heterocycles. The van der Waals surface area contributed by atoms with E-state index in [9.17, 15) is 51.7 Å². The Hall–Kier alpha value is -6.95. The van der Waals surface area contributed by atoms with E-state index < -0.39 is 78.6 Å². The van der Waals surface area contributed by atoms with E-state index >= 15 is 0 Å². The molecule has 0 radical (unpaired) electrons. The molecule has 4 aromatic rings. The van der Waals surface area contributed by atoms with Crippen LogP contribution >= 0.6 is 7.60 Å². The van der Waals surface area contributed by atoms with Gasteiger partial charge in [0.05, 0.1) is 43.0 Å². The molecule has 25 heteroatoms. The number of amides is 7. The monoisotopic (exact) mass is 1190 g/mol. The molecule has 1 aliphatic carbocycles. The number of hydrogen-bond donors (Lipinski definition) is 7. The lowest BCUT2D eigenvalue weighted by molar-refractivity contribution is -0.143. The predicted molar refractivity (Wildman–Crippen MR) is 306 cm³/mol. The maximum atomic E-state index is 14.3. The Kier molecular flexibility index (Phi) is 22.5. The molecule has 0 spiro atoms. The normalized spacial score (nSPS) is 19.1. The van der Waals surface area contributed by atoms with E-state index in [0.717, 1.165) is 35.2 Å². The lowest BCUT2D eigenvalue weighted by atomic mass is 10.0. The van der Waals surface area contributed by atoms with Gasteiger partial charge in [-0.25, -0.2) is 4.79 Å². The third-order valence-electron chi connectivity index (χ3n) is 15.7. The summed E-state index contributed by atoms with van der Waals surface area (Å²) in [6, 6.07) is 14.5. The number of unbranched alkanes of at least 4 members (excludes halogenated alkanes) is 1. The van der Waals surface area contributed by atoms with Crippen molar-refractivity contribution in [3.8, 4) is 0 Å². The fraction of sp³-hybridized carbons (Fsp3) is 0.525. The van der Waals surface area contributed by atoms with Crippen LogP contribution in [0.15, 0.2) is 77.6 Å². The van der Waals surface area contributed by atoms with Gasteiger partial charge in [0.25, 0.3) is 0 Å². The van der Waals surface area contributed by atoms with Gasteiger partial charge >= 0.3 is 18.9 Å². The fourth-order valence-electron chi connectivity index (χ4n) is 10.8. The molecule has 7 rings (SSSR count). The lowest BCUT2D eigenvalue weighted by Gasteiger charge is -2.33. The van der Waals surface area contributed by atoms with Crippen molar-refractivity contribution in [1.82, 2.24) is 35.3 Å². The molecule has 22 nitrogen and oxygen atoms in total. The van der Waals surface area contributed by atoms with Crippen LogP contribution in [0, 0.1) is 11.8 Å². The second-order valence-electron chi connectivity index (χ2n) is 22.0. The lowest BCUT2D eigenvalue weighted by Crippen LogP contribution is -2.57. The number of piperidine rings is 2. The van der Waals surface area contributed by atoms with E-state index in [4.69, 9.17) is 29.7 Å².